The topological polar surface area (TPSA) is 29.5 Å². The predicted octanol–water partition coefficient (Wildman–Crippen LogP) is 4.07. The molecule has 112 valence electrons. The standard InChI is InChI=1S/C16H25NO2S/c1-12(16(2,3)4)14(13-8-7-11-20-13)15(18)19-17-9-5-6-10-17/h7-8,11-12,14H,5-6,9-10H2,1-4H3. The molecule has 2 rings (SSSR count). The summed E-state index contributed by atoms with van der Waals surface area (Å²) < 4.78 is 0. The molecule has 4 heteroatoms. The van der Waals surface area contributed by atoms with Crippen LogP contribution in [0.2, 0.25) is 0 Å². The number of rotatable bonds is 4. The van der Waals surface area contributed by atoms with Crippen LogP contribution in [-0.4, -0.2) is 24.1 Å². The number of carbonyl (C=O) groups excluding carboxylic acids is 1. The highest BCUT2D eigenvalue weighted by molar-refractivity contribution is 7.10. The molecule has 1 aliphatic rings. The van der Waals surface area contributed by atoms with Crippen molar-refractivity contribution in [2.24, 2.45) is 11.3 Å². The highest BCUT2D eigenvalue weighted by Crippen LogP contribution is 2.40. The van der Waals surface area contributed by atoms with E-state index in [1.807, 2.05) is 22.6 Å². The zero-order valence-electron chi connectivity index (χ0n) is 12.9. The summed E-state index contributed by atoms with van der Waals surface area (Å²) in [5.74, 6) is -0.0383. The van der Waals surface area contributed by atoms with Gasteiger partial charge in [0, 0.05) is 18.0 Å². The number of hydroxylamine groups is 2. The van der Waals surface area contributed by atoms with Gasteiger partial charge in [0.2, 0.25) is 0 Å². The number of nitrogens with zero attached hydrogens (tertiary/aromatic N) is 1. The second kappa shape index (κ2) is 6.27. The van der Waals surface area contributed by atoms with E-state index in [4.69, 9.17) is 4.84 Å². The average molecular weight is 295 g/mol. The van der Waals surface area contributed by atoms with Crippen molar-refractivity contribution < 1.29 is 9.63 Å². The van der Waals surface area contributed by atoms with Gasteiger partial charge in [-0.1, -0.05) is 33.8 Å². The molecule has 1 aromatic rings. The maximum absolute atomic E-state index is 12.6. The Labute approximate surface area is 125 Å². The van der Waals surface area contributed by atoms with Crippen LogP contribution < -0.4 is 0 Å². The quantitative estimate of drug-likeness (QED) is 0.838. The van der Waals surface area contributed by atoms with Crippen LogP contribution in [0.5, 0.6) is 0 Å². The molecular weight excluding hydrogens is 270 g/mol. The largest absolute Gasteiger partial charge is 0.367 e. The van der Waals surface area contributed by atoms with Gasteiger partial charge in [-0.3, -0.25) is 0 Å². The van der Waals surface area contributed by atoms with Gasteiger partial charge < -0.3 is 4.84 Å². The molecule has 0 radical (unpaired) electrons. The Morgan fingerprint density at radius 2 is 2.00 bits per heavy atom. The lowest BCUT2D eigenvalue weighted by molar-refractivity contribution is -0.189. The van der Waals surface area contributed by atoms with Crippen molar-refractivity contribution >= 4 is 17.3 Å². The normalized spacial score (nSPS) is 19.8. The summed E-state index contributed by atoms with van der Waals surface area (Å²) in [6.07, 6.45) is 2.23. The van der Waals surface area contributed by atoms with E-state index < -0.39 is 0 Å². The highest BCUT2D eigenvalue weighted by Gasteiger charge is 2.37. The van der Waals surface area contributed by atoms with Crippen LogP contribution in [0.15, 0.2) is 17.5 Å². The van der Waals surface area contributed by atoms with Gasteiger partial charge in [-0.2, -0.15) is 0 Å². The lowest BCUT2D eigenvalue weighted by Gasteiger charge is -2.33. The minimum Gasteiger partial charge on any atom is -0.367 e. The van der Waals surface area contributed by atoms with Crippen LogP contribution >= 0.6 is 11.3 Å². The van der Waals surface area contributed by atoms with Gasteiger partial charge in [0.25, 0.3) is 0 Å². The molecule has 20 heavy (non-hydrogen) atoms. The molecule has 2 heterocycles. The Morgan fingerprint density at radius 1 is 1.35 bits per heavy atom. The van der Waals surface area contributed by atoms with Gasteiger partial charge in [0.15, 0.2) is 0 Å². The summed E-state index contributed by atoms with van der Waals surface area (Å²) in [5.41, 5.74) is 0.0681. The van der Waals surface area contributed by atoms with Crippen LogP contribution in [0, 0.1) is 11.3 Å². The summed E-state index contributed by atoms with van der Waals surface area (Å²) in [6.45, 7) is 10.4. The van der Waals surface area contributed by atoms with Gasteiger partial charge in [-0.05, 0) is 35.6 Å². The molecule has 0 aliphatic carbocycles. The van der Waals surface area contributed by atoms with E-state index in [0.717, 1.165) is 30.8 Å². The lowest BCUT2D eigenvalue weighted by Crippen LogP contribution is -2.34. The van der Waals surface area contributed by atoms with Crippen molar-refractivity contribution in [2.75, 3.05) is 13.1 Å². The van der Waals surface area contributed by atoms with E-state index in [2.05, 4.69) is 27.7 Å². The fourth-order valence-corrected chi connectivity index (χ4v) is 3.42. The first-order chi connectivity index (χ1) is 9.39. The zero-order chi connectivity index (χ0) is 14.8. The van der Waals surface area contributed by atoms with Gasteiger partial charge in [-0.15, -0.1) is 16.4 Å². The van der Waals surface area contributed by atoms with Gasteiger partial charge >= 0.3 is 5.97 Å². The molecule has 2 atom stereocenters. The second-order valence-corrected chi connectivity index (χ2v) is 7.67. The maximum atomic E-state index is 12.6. The van der Waals surface area contributed by atoms with E-state index in [1.165, 1.54) is 0 Å². The smallest absolute Gasteiger partial charge is 0.333 e. The molecule has 0 amide bonds. The van der Waals surface area contributed by atoms with Crippen molar-refractivity contribution in [3.8, 4) is 0 Å². The van der Waals surface area contributed by atoms with Crippen LogP contribution in [0.3, 0.4) is 0 Å². The Bertz CT molecular complexity index is 430. The fraction of sp³-hybridized carbons (Fsp3) is 0.688. The molecule has 1 aromatic heterocycles. The van der Waals surface area contributed by atoms with Crippen LogP contribution in [0.4, 0.5) is 0 Å². The van der Waals surface area contributed by atoms with E-state index in [0.29, 0.717) is 0 Å². The van der Waals surface area contributed by atoms with E-state index in [-0.39, 0.29) is 23.2 Å². The molecule has 3 nitrogen and oxygen atoms in total. The Balaban J connectivity index is 2.15. The zero-order valence-corrected chi connectivity index (χ0v) is 13.7. The number of hydrogen-bond acceptors (Lipinski definition) is 4. The summed E-state index contributed by atoms with van der Waals surface area (Å²) in [6, 6.07) is 4.05. The summed E-state index contributed by atoms with van der Waals surface area (Å²) in [7, 11) is 0. The SMILES string of the molecule is CC(C(C(=O)ON1CCCC1)c1cccs1)C(C)(C)C. The third kappa shape index (κ3) is 3.61. The molecule has 0 aromatic carbocycles. The van der Waals surface area contributed by atoms with Gasteiger partial charge in [-0.25, -0.2) is 4.79 Å². The average Bonchev–Trinajstić information content (AvgIpc) is 3.00. The molecule has 2 unspecified atom stereocenters. The van der Waals surface area contributed by atoms with Crippen molar-refractivity contribution in [1.29, 1.82) is 0 Å². The van der Waals surface area contributed by atoms with Crippen molar-refractivity contribution in [1.82, 2.24) is 5.06 Å². The first kappa shape index (κ1) is 15.5. The predicted molar refractivity (Wildman–Crippen MR) is 82.6 cm³/mol. The number of hydrogen-bond donors (Lipinski definition) is 0. The Hall–Kier alpha value is -0.870. The first-order valence-electron chi connectivity index (χ1n) is 7.40. The van der Waals surface area contributed by atoms with Gasteiger partial charge in [0.1, 0.15) is 0 Å². The van der Waals surface area contributed by atoms with Gasteiger partial charge in [0.05, 0.1) is 5.92 Å². The minimum atomic E-state index is -0.171. The summed E-state index contributed by atoms with van der Waals surface area (Å²) in [5, 5.41) is 3.85. The molecule has 0 saturated carbocycles. The number of thiophene rings is 1. The minimum absolute atomic E-state index is 0.0681. The first-order valence-corrected chi connectivity index (χ1v) is 8.27. The maximum Gasteiger partial charge on any atom is 0.333 e. The Kier molecular flexibility index (Phi) is 4.86. The van der Waals surface area contributed by atoms with E-state index >= 15 is 0 Å². The molecule has 0 N–H and O–H groups in total. The van der Waals surface area contributed by atoms with E-state index in [1.54, 1.807) is 11.3 Å². The highest BCUT2D eigenvalue weighted by atomic mass is 32.1. The third-order valence-corrected chi connectivity index (χ3v) is 5.21. The third-order valence-electron chi connectivity index (χ3n) is 4.25. The number of carbonyl (C=O) groups is 1. The monoisotopic (exact) mass is 295 g/mol. The lowest BCUT2D eigenvalue weighted by atomic mass is 9.74. The molecule has 0 bridgehead atoms. The van der Waals surface area contributed by atoms with Crippen molar-refractivity contribution in [3.63, 3.8) is 0 Å². The van der Waals surface area contributed by atoms with Crippen molar-refractivity contribution in [3.05, 3.63) is 22.4 Å². The van der Waals surface area contributed by atoms with E-state index in [9.17, 15) is 4.79 Å². The molecule has 1 saturated heterocycles. The Morgan fingerprint density at radius 3 is 2.50 bits per heavy atom. The fourth-order valence-electron chi connectivity index (χ4n) is 2.50. The van der Waals surface area contributed by atoms with Crippen LogP contribution in [-0.2, 0) is 9.63 Å². The molecule has 0 spiro atoms. The second-order valence-electron chi connectivity index (χ2n) is 6.69. The summed E-state index contributed by atoms with van der Waals surface area (Å²) in [4.78, 5) is 19.4. The van der Waals surface area contributed by atoms with Crippen molar-refractivity contribution in [2.45, 2.75) is 46.5 Å². The molecule has 1 fully saturated rings. The summed E-state index contributed by atoms with van der Waals surface area (Å²) >= 11 is 1.64. The molecular formula is C16H25NO2S. The van der Waals surface area contributed by atoms with Crippen LogP contribution in [0.25, 0.3) is 0 Å². The molecule has 1 aliphatic heterocycles. The van der Waals surface area contributed by atoms with Crippen LogP contribution in [0.1, 0.15) is 51.3 Å².